The molecule has 2 aliphatic heterocycles. The summed E-state index contributed by atoms with van der Waals surface area (Å²) in [5.41, 5.74) is -1.91. The average molecular weight is 416 g/mol. The summed E-state index contributed by atoms with van der Waals surface area (Å²) >= 11 is 0. The van der Waals surface area contributed by atoms with Gasteiger partial charge in [0.1, 0.15) is 17.2 Å². The minimum atomic E-state index is -1.83. The molecule has 0 aliphatic carbocycles. The van der Waals surface area contributed by atoms with Crippen LogP contribution in [0.15, 0.2) is 36.4 Å². The maximum atomic E-state index is 14.2. The van der Waals surface area contributed by atoms with Crippen molar-refractivity contribution < 1.29 is 32.6 Å². The SMILES string of the molecule is C[C@]1(c2cc(F)ccc2F)NC(=O)N(CC(=O)c2ccc3c(c2)OCCCO3)C1=O. The number of carbonyl (C=O) groups is 3. The van der Waals surface area contributed by atoms with Gasteiger partial charge in [-0.05, 0) is 43.3 Å². The number of ether oxygens (including phenoxy) is 2. The Morgan fingerprint density at radius 2 is 1.83 bits per heavy atom. The smallest absolute Gasteiger partial charge is 0.325 e. The van der Waals surface area contributed by atoms with Crippen molar-refractivity contribution in [1.82, 2.24) is 10.2 Å². The van der Waals surface area contributed by atoms with E-state index in [9.17, 15) is 23.2 Å². The number of nitrogens with zero attached hydrogens (tertiary/aromatic N) is 1. The van der Waals surface area contributed by atoms with Gasteiger partial charge >= 0.3 is 6.03 Å². The van der Waals surface area contributed by atoms with Crippen molar-refractivity contribution in [2.24, 2.45) is 0 Å². The number of hydrogen-bond acceptors (Lipinski definition) is 5. The maximum Gasteiger partial charge on any atom is 0.325 e. The fraction of sp³-hybridized carbons (Fsp3) is 0.286. The summed E-state index contributed by atoms with van der Waals surface area (Å²) in [6.07, 6.45) is 0.704. The number of carbonyl (C=O) groups excluding carboxylic acids is 3. The molecule has 0 saturated carbocycles. The molecule has 156 valence electrons. The van der Waals surface area contributed by atoms with Crippen LogP contribution in [0.3, 0.4) is 0 Å². The van der Waals surface area contributed by atoms with Crippen molar-refractivity contribution in [2.75, 3.05) is 19.8 Å². The van der Waals surface area contributed by atoms with E-state index in [0.29, 0.717) is 36.0 Å². The molecule has 1 saturated heterocycles. The van der Waals surface area contributed by atoms with Gasteiger partial charge < -0.3 is 14.8 Å². The summed E-state index contributed by atoms with van der Waals surface area (Å²) in [7, 11) is 0. The number of Topliss-reactive ketones (excluding diaryl/α,β-unsaturated/α-hetero) is 1. The second-order valence-corrected chi connectivity index (χ2v) is 7.21. The molecule has 4 rings (SSSR count). The Balaban J connectivity index is 1.57. The Bertz CT molecular complexity index is 1060. The monoisotopic (exact) mass is 416 g/mol. The standard InChI is InChI=1S/C21H18F2N2O5/c1-21(14-10-13(22)4-5-15(14)23)19(27)25(20(28)24-21)11-16(26)12-3-6-17-18(9-12)30-8-2-7-29-17/h3-6,9-10H,2,7-8,11H2,1H3,(H,24,28)/t21-/m1/s1. The van der Waals surface area contributed by atoms with Crippen LogP contribution in [0, 0.1) is 11.6 Å². The fourth-order valence-corrected chi connectivity index (χ4v) is 3.48. The van der Waals surface area contributed by atoms with Crippen LogP contribution >= 0.6 is 0 Å². The molecule has 9 heteroatoms. The highest BCUT2D eigenvalue weighted by atomic mass is 19.1. The largest absolute Gasteiger partial charge is 0.490 e. The van der Waals surface area contributed by atoms with Gasteiger partial charge in [0.2, 0.25) is 0 Å². The van der Waals surface area contributed by atoms with E-state index < -0.39 is 41.4 Å². The van der Waals surface area contributed by atoms with Crippen molar-refractivity contribution in [3.8, 4) is 11.5 Å². The van der Waals surface area contributed by atoms with Crippen molar-refractivity contribution >= 4 is 17.7 Å². The zero-order valence-electron chi connectivity index (χ0n) is 16.0. The molecular weight excluding hydrogens is 398 g/mol. The topological polar surface area (TPSA) is 84.9 Å². The Kier molecular flexibility index (Phi) is 4.89. The van der Waals surface area contributed by atoms with E-state index >= 15 is 0 Å². The molecule has 1 atom stereocenters. The second-order valence-electron chi connectivity index (χ2n) is 7.21. The van der Waals surface area contributed by atoms with Crippen LogP contribution in [0.4, 0.5) is 13.6 Å². The second kappa shape index (κ2) is 7.40. The van der Waals surface area contributed by atoms with E-state index in [4.69, 9.17) is 9.47 Å². The molecule has 2 aliphatic rings. The number of amides is 3. The number of hydrogen-bond donors (Lipinski definition) is 1. The zero-order valence-corrected chi connectivity index (χ0v) is 16.0. The van der Waals surface area contributed by atoms with Gasteiger partial charge in [0.15, 0.2) is 17.3 Å². The lowest BCUT2D eigenvalue weighted by molar-refractivity contribution is -0.130. The Labute approximate surface area is 170 Å². The van der Waals surface area contributed by atoms with Crippen LogP contribution in [0.1, 0.15) is 29.3 Å². The first-order valence-corrected chi connectivity index (χ1v) is 9.32. The molecule has 2 aromatic rings. The minimum absolute atomic E-state index is 0.227. The molecule has 0 spiro atoms. The van der Waals surface area contributed by atoms with Crippen molar-refractivity contribution in [3.05, 3.63) is 59.2 Å². The quantitative estimate of drug-likeness (QED) is 0.612. The van der Waals surface area contributed by atoms with Crippen LogP contribution in [0.5, 0.6) is 11.5 Å². The normalized spacial score (nSPS) is 20.7. The molecule has 2 aromatic carbocycles. The van der Waals surface area contributed by atoms with Crippen molar-refractivity contribution in [3.63, 3.8) is 0 Å². The lowest BCUT2D eigenvalue weighted by Crippen LogP contribution is -2.42. The average Bonchev–Trinajstić information content (AvgIpc) is 2.89. The van der Waals surface area contributed by atoms with Gasteiger partial charge in [0.25, 0.3) is 5.91 Å². The Morgan fingerprint density at radius 1 is 1.10 bits per heavy atom. The van der Waals surface area contributed by atoms with E-state index in [1.165, 1.54) is 19.1 Å². The Morgan fingerprint density at radius 3 is 2.60 bits per heavy atom. The first-order valence-electron chi connectivity index (χ1n) is 9.32. The lowest BCUT2D eigenvalue weighted by atomic mass is 9.91. The van der Waals surface area contributed by atoms with E-state index in [1.54, 1.807) is 6.07 Å². The highest BCUT2D eigenvalue weighted by Gasteiger charge is 2.50. The van der Waals surface area contributed by atoms with Gasteiger partial charge in [-0.1, -0.05) is 0 Å². The molecule has 0 unspecified atom stereocenters. The molecule has 0 bridgehead atoms. The van der Waals surface area contributed by atoms with E-state index in [-0.39, 0.29) is 11.1 Å². The summed E-state index contributed by atoms with van der Waals surface area (Å²) in [4.78, 5) is 38.7. The van der Waals surface area contributed by atoms with Crippen LogP contribution < -0.4 is 14.8 Å². The van der Waals surface area contributed by atoms with Crippen molar-refractivity contribution in [1.29, 1.82) is 0 Å². The summed E-state index contributed by atoms with van der Waals surface area (Å²) in [6, 6.07) is 6.37. The third-order valence-electron chi connectivity index (χ3n) is 5.11. The maximum absolute atomic E-state index is 14.2. The van der Waals surface area contributed by atoms with Gasteiger partial charge in [0, 0.05) is 17.5 Å². The predicted molar refractivity (Wildman–Crippen MR) is 100 cm³/mol. The lowest BCUT2D eigenvalue weighted by Gasteiger charge is -2.22. The van der Waals surface area contributed by atoms with Crippen LogP contribution in [0.2, 0.25) is 0 Å². The molecular formula is C21H18F2N2O5. The molecule has 2 heterocycles. The highest BCUT2D eigenvalue weighted by molar-refractivity contribution is 6.11. The summed E-state index contributed by atoms with van der Waals surface area (Å²) in [5.74, 6) is -2.05. The number of halogens is 2. The van der Waals surface area contributed by atoms with Crippen molar-refractivity contribution in [2.45, 2.75) is 18.9 Å². The zero-order chi connectivity index (χ0) is 21.5. The predicted octanol–water partition coefficient (Wildman–Crippen LogP) is 2.78. The molecule has 1 N–H and O–H groups in total. The molecule has 3 amide bonds. The fourth-order valence-electron chi connectivity index (χ4n) is 3.48. The van der Waals surface area contributed by atoms with E-state index in [2.05, 4.69) is 5.32 Å². The van der Waals surface area contributed by atoms with Gasteiger partial charge in [-0.3, -0.25) is 14.5 Å². The third kappa shape index (κ3) is 3.36. The van der Waals surface area contributed by atoms with Gasteiger partial charge in [0.05, 0.1) is 19.8 Å². The summed E-state index contributed by atoms with van der Waals surface area (Å²) < 4.78 is 38.9. The third-order valence-corrected chi connectivity index (χ3v) is 5.11. The molecule has 30 heavy (non-hydrogen) atoms. The van der Waals surface area contributed by atoms with E-state index in [0.717, 1.165) is 18.2 Å². The summed E-state index contributed by atoms with van der Waals surface area (Å²) in [6.45, 7) is 1.65. The van der Waals surface area contributed by atoms with Crippen LogP contribution in [-0.4, -0.2) is 42.4 Å². The number of rotatable bonds is 4. The summed E-state index contributed by atoms with van der Waals surface area (Å²) in [5, 5.41) is 2.36. The minimum Gasteiger partial charge on any atom is -0.490 e. The molecule has 1 fully saturated rings. The molecule has 0 aromatic heterocycles. The number of nitrogens with one attached hydrogen (secondary N) is 1. The first-order chi connectivity index (χ1) is 14.3. The number of benzene rings is 2. The van der Waals surface area contributed by atoms with E-state index in [1.807, 2.05) is 0 Å². The van der Waals surface area contributed by atoms with Gasteiger partial charge in [-0.15, -0.1) is 0 Å². The molecule has 7 nitrogen and oxygen atoms in total. The first kappa shape index (κ1) is 19.8. The van der Waals surface area contributed by atoms with Crippen LogP contribution in [0.25, 0.3) is 0 Å². The molecule has 0 radical (unpaired) electrons. The Hall–Kier alpha value is -3.49. The number of imide groups is 1. The highest BCUT2D eigenvalue weighted by Crippen LogP contribution is 2.33. The number of ketones is 1. The van der Waals surface area contributed by atoms with Crippen LogP contribution in [-0.2, 0) is 10.3 Å². The van der Waals surface area contributed by atoms with Gasteiger partial charge in [-0.25, -0.2) is 13.6 Å². The van der Waals surface area contributed by atoms with Gasteiger partial charge in [-0.2, -0.15) is 0 Å². The number of urea groups is 1. The number of fused-ring (bicyclic) bond motifs is 1.